The molecule has 0 aliphatic heterocycles. The third-order valence-electron chi connectivity index (χ3n) is 6.41. The number of aromatic amines is 1. The summed E-state index contributed by atoms with van der Waals surface area (Å²) in [7, 11) is 0. The molecule has 0 saturated carbocycles. The number of nitrogens with one attached hydrogen (secondary N) is 2. The van der Waals surface area contributed by atoms with E-state index in [4.69, 9.17) is 4.74 Å². The average Bonchev–Trinajstić information content (AvgIpc) is 3.36. The molecule has 3 aromatic carbocycles. The van der Waals surface area contributed by atoms with Crippen molar-refractivity contribution >= 4 is 23.0 Å². The predicted octanol–water partition coefficient (Wildman–Crippen LogP) is 5.09. The molecule has 1 aliphatic rings. The van der Waals surface area contributed by atoms with E-state index in [9.17, 15) is 14.7 Å². The van der Waals surface area contributed by atoms with Gasteiger partial charge in [-0.05, 0) is 40.8 Å². The monoisotopic (exact) mass is 440 g/mol. The Hall–Kier alpha value is -4.06. The van der Waals surface area contributed by atoms with Gasteiger partial charge in [-0.2, -0.15) is 0 Å². The molecule has 4 aromatic rings. The lowest BCUT2D eigenvalue weighted by atomic mass is 9.93. The summed E-state index contributed by atoms with van der Waals surface area (Å²) in [6.45, 7) is 1.63. The van der Waals surface area contributed by atoms with Gasteiger partial charge in [-0.15, -0.1) is 0 Å². The van der Waals surface area contributed by atoms with Crippen LogP contribution in [-0.4, -0.2) is 34.3 Å². The van der Waals surface area contributed by atoms with Crippen LogP contribution in [-0.2, 0) is 16.0 Å². The summed E-state index contributed by atoms with van der Waals surface area (Å²) in [6.07, 6.45) is 1.16. The highest BCUT2D eigenvalue weighted by molar-refractivity contribution is 5.87. The molecule has 33 heavy (non-hydrogen) atoms. The maximum Gasteiger partial charge on any atom is 0.408 e. The molecule has 1 aromatic heterocycles. The van der Waals surface area contributed by atoms with Gasteiger partial charge in [0.25, 0.3) is 0 Å². The van der Waals surface area contributed by atoms with Crippen molar-refractivity contribution in [2.45, 2.75) is 24.8 Å². The number of amides is 1. The Kier molecular flexibility index (Phi) is 5.13. The van der Waals surface area contributed by atoms with Gasteiger partial charge in [0.15, 0.2) is 0 Å². The number of carboxylic acid groups (broad SMARTS) is 1. The van der Waals surface area contributed by atoms with Gasteiger partial charge in [0.1, 0.15) is 12.1 Å². The number of ether oxygens (including phenoxy) is 1. The van der Waals surface area contributed by atoms with Gasteiger partial charge in [-0.1, -0.05) is 66.7 Å². The topological polar surface area (TPSA) is 91.4 Å². The summed E-state index contributed by atoms with van der Waals surface area (Å²) in [5, 5.41) is 13.4. The van der Waals surface area contributed by atoms with Gasteiger partial charge in [0.2, 0.25) is 0 Å². The zero-order chi connectivity index (χ0) is 23.0. The highest BCUT2D eigenvalue weighted by Crippen LogP contribution is 2.44. The zero-order valence-electron chi connectivity index (χ0n) is 18.2. The largest absolute Gasteiger partial charge is 0.480 e. The third-order valence-corrected chi connectivity index (χ3v) is 6.41. The quantitative estimate of drug-likeness (QED) is 0.389. The Morgan fingerprint density at radius 3 is 2.24 bits per heavy atom. The first-order chi connectivity index (χ1) is 16.0. The molecule has 3 N–H and O–H groups in total. The van der Waals surface area contributed by atoms with Crippen LogP contribution in [0.4, 0.5) is 4.79 Å². The molecule has 1 aliphatic carbocycles. The highest BCUT2D eigenvalue weighted by Gasteiger charge is 2.37. The van der Waals surface area contributed by atoms with Crippen molar-refractivity contribution in [3.63, 3.8) is 0 Å². The maximum atomic E-state index is 12.7. The SMILES string of the molecule is C[C@](Cc1c[nH]c2ccccc12)(NC(=O)OCC1c2ccccc2-c2ccccc21)C(=O)O. The van der Waals surface area contributed by atoms with E-state index in [1.54, 1.807) is 6.20 Å². The molecule has 0 radical (unpaired) electrons. The summed E-state index contributed by atoms with van der Waals surface area (Å²) < 4.78 is 5.57. The Bertz CT molecular complexity index is 1310. The summed E-state index contributed by atoms with van der Waals surface area (Å²) in [5.74, 6) is -1.21. The Labute approximate surface area is 191 Å². The fraction of sp³-hybridized carbons (Fsp3) is 0.185. The highest BCUT2D eigenvalue weighted by atomic mass is 16.5. The second kappa shape index (κ2) is 8.13. The van der Waals surface area contributed by atoms with Crippen LogP contribution in [0.1, 0.15) is 29.5 Å². The molecule has 0 unspecified atom stereocenters. The summed E-state index contributed by atoms with van der Waals surface area (Å²) in [5.41, 5.74) is 4.69. The number of hydrogen-bond donors (Lipinski definition) is 3. The number of H-pyrrole nitrogens is 1. The third kappa shape index (κ3) is 3.74. The number of aromatic nitrogens is 1. The van der Waals surface area contributed by atoms with Crippen molar-refractivity contribution < 1.29 is 19.4 Å². The first kappa shape index (κ1) is 20.8. The number of fused-ring (bicyclic) bond motifs is 4. The standard InChI is InChI=1S/C27H24N2O4/c1-27(25(30)31,14-17-15-28-24-13-7-6-8-18(17)24)29-26(32)33-16-23-21-11-4-2-9-19(21)20-10-3-5-12-22(20)23/h2-13,15,23,28H,14,16H2,1H3,(H,29,32)(H,30,31)/t27-/m1/s1. The van der Waals surface area contributed by atoms with E-state index in [0.29, 0.717) is 0 Å². The van der Waals surface area contributed by atoms with Gasteiger partial charge in [0.05, 0.1) is 0 Å². The molecular formula is C27H24N2O4. The second-order valence-corrected chi connectivity index (χ2v) is 8.62. The van der Waals surface area contributed by atoms with Crippen molar-refractivity contribution in [3.8, 4) is 11.1 Å². The molecule has 1 amide bonds. The molecule has 5 rings (SSSR count). The van der Waals surface area contributed by atoms with Crippen LogP contribution in [0, 0.1) is 0 Å². The minimum absolute atomic E-state index is 0.0900. The fourth-order valence-corrected chi connectivity index (χ4v) is 4.69. The van der Waals surface area contributed by atoms with E-state index in [2.05, 4.69) is 22.4 Å². The number of para-hydroxylation sites is 1. The molecule has 1 atom stereocenters. The van der Waals surface area contributed by atoms with Crippen molar-refractivity contribution in [3.05, 3.63) is 95.7 Å². The van der Waals surface area contributed by atoms with Gasteiger partial charge in [-0.3, -0.25) is 0 Å². The smallest absolute Gasteiger partial charge is 0.408 e. The number of rotatable bonds is 6. The van der Waals surface area contributed by atoms with Gasteiger partial charge < -0.3 is 20.1 Å². The Morgan fingerprint density at radius 2 is 1.58 bits per heavy atom. The average molecular weight is 440 g/mol. The molecular weight excluding hydrogens is 416 g/mol. The van der Waals surface area contributed by atoms with Crippen LogP contribution in [0.5, 0.6) is 0 Å². The number of benzene rings is 3. The van der Waals surface area contributed by atoms with E-state index < -0.39 is 17.6 Å². The first-order valence-electron chi connectivity index (χ1n) is 10.9. The lowest BCUT2D eigenvalue weighted by molar-refractivity contribution is -0.143. The van der Waals surface area contributed by atoms with Crippen molar-refractivity contribution in [2.24, 2.45) is 0 Å². The molecule has 0 bridgehead atoms. The molecule has 0 saturated heterocycles. The lowest BCUT2D eigenvalue weighted by Crippen LogP contribution is -2.54. The van der Waals surface area contributed by atoms with E-state index in [0.717, 1.165) is 38.7 Å². The summed E-state index contributed by atoms with van der Waals surface area (Å²) in [6, 6.07) is 23.8. The number of carboxylic acids is 1. The minimum Gasteiger partial charge on any atom is -0.480 e. The van der Waals surface area contributed by atoms with Crippen LogP contribution in [0.3, 0.4) is 0 Å². The van der Waals surface area contributed by atoms with Crippen LogP contribution >= 0.6 is 0 Å². The number of alkyl carbamates (subject to hydrolysis) is 1. The number of aliphatic carboxylic acids is 1. The summed E-state index contributed by atoms with van der Waals surface area (Å²) in [4.78, 5) is 28.0. The van der Waals surface area contributed by atoms with E-state index in [1.165, 1.54) is 6.92 Å². The Morgan fingerprint density at radius 1 is 0.970 bits per heavy atom. The lowest BCUT2D eigenvalue weighted by Gasteiger charge is -2.26. The van der Waals surface area contributed by atoms with Crippen molar-refractivity contribution in [2.75, 3.05) is 6.61 Å². The molecule has 1 heterocycles. The van der Waals surface area contributed by atoms with Gasteiger partial charge in [-0.25, -0.2) is 9.59 Å². The number of hydrogen-bond acceptors (Lipinski definition) is 3. The molecule has 166 valence electrons. The van der Waals surface area contributed by atoms with Crippen LogP contribution in [0.25, 0.3) is 22.0 Å². The molecule has 0 spiro atoms. The van der Waals surface area contributed by atoms with Crippen molar-refractivity contribution in [1.29, 1.82) is 0 Å². The molecule has 6 nitrogen and oxygen atoms in total. The fourth-order valence-electron chi connectivity index (χ4n) is 4.69. The van der Waals surface area contributed by atoms with Crippen molar-refractivity contribution in [1.82, 2.24) is 10.3 Å². The summed E-state index contributed by atoms with van der Waals surface area (Å²) >= 11 is 0. The maximum absolute atomic E-state index is 12.7. The number of carbonyl (C=O) groups is 2. The van der Waals surface area contributed by atoms with Crippen LogP contribution in [0.2, 0.25) is 0 Å². The van der Waals surface area contributed by atoms with Gasteiger partial charge in [0, 0.05) is 29.4 Å². The normalized spacial score (nSPS) is 14.3. The van der Waals surface area contributed by atoms with E-state index >= 15 is 0 Å². The van der Waals surface area contributed by atoms with E-state index in [-0.39, 0.29) is 18.9 Å². The number of carbonyl (C=O) groups excluding carboxylic acids is 1. The minimum atomic E-state index is -1.52. The van der Waals surface area contributed by atoms with E-state index in [1.807, 2.05) is 60.7 Å². The second-order valence-electron chi connectivity index (χ2n) is 8.62. The molecule has 0 fully saturated rings. The molecule has 6 heteroatoms. The zero-order valence-corrected chi connectivity index (χ0v) is 18.2. The van der Waals surface area contributed by atoms with Gasteiger partial charge >= 0.3 is 12.1 Å². The predicted molar refractivity (Wildman–Crippen MR) is 126 cm³/mol. The van der Waals surface area contributed by atoms with Crippen LogP contribution < -0.4 is 5.32 Å². The first-order valence-corrected chi connectivity index (χ1v) is 10.9. The van der Waals surface area contributed by atoms with Crippen LogP contribution in [0.15, 0.2) is 79.0 Å². The Balaban J connectivity index is 1.32.